The summed E-state index contributed by atoms with van der Waals surface area (Å²) in [6.07, 6.45) is 2.47. The van der Waals surface area contributed by atoms with Crippen molar-refractivity contribution in [2.75, 3.05) is 11.9 Å². The van der Waals surface area contributed by atoms with Gasteiger partial charge in [-0.25, -0.2) is 0 Å². The zero-order valence-electron chi connectivity index (χ0n) is 12.3. The van der Waals surface area contributed by atoms with Crippen molar-refractivity contribution in [3.05, 3.63) is 53.5 Å². The molecule has 1 aromatic heterocycles. The molecule has 1 aliphatic heterocycles. The molecule has 4 heteroatoms. The summed E-state index contributed by atoms with van der Waals surface area (Å²) in [5.41, 5.74) is 2.26. The first-order chi connectivity index (χ1) is 10.3. The molecule has 1 amide bonds. The van der Waals surface area contributed by atoms with Crippen LogP contribution in [0.2, 0.25) is 0 Å². The van der Waals surface area contributed by atoms with E-state index in [0.29, 0.717) is 19.5 Å². The van der Waals surface area contributed by atoms with Crippen LogP contribution in [0.5, 0.6) is 0 Å². The molecule has 0 radical (unpaired) electrons. The maximum Gasteiger partial charge on any atom is 0.227 e. The number of furan rings is 1. The van der Waals surface area contributed by atoms with Crippen molar-refractivity contribution in [1.82, 2.24) is 5.32 Å². The number of benzene rings is 1. The monoisotopic (exact) mass is 284 g/mol. The van der Waals surface area contributed by atoms with E-state index in [1.807, 2.05) is 42.3 Å². The maximum absolute atomic E-state index is 12.4. The molecule has 0 unspecified atom stereocenters. The predicted molar refractivity (Wildman–Crippen MR) is 82.0 cm³/mol. The minimum atomic E-state index is 0.173. The van der Waals surface area contributed by atoms with E-state index in [0.717, 1.165) is 30.0 Å². The average molecular weight is 284 g/mol. The molecular formula is C17H20N2O2. The minimum Gasteiger partial charge on any atom is -0.463 e. The van der Waals surface area contributed by atoms with E-state index in [2.05, 4.69) is 11.4 Å². The van der Waals surface area contributed by atoms with Gasteiger partial charge in [0.05, 0.1) is 13.1 Å². The summed E-state index contributed by atoms with van der Waals surface area (Å²) >= 11 is 0. The highest BCUT2D eigenvalue weighted by Gasteiger charge is 2.22. The zero-order chi connectivity index (χ0) is 14.7. The SMILES string of the molecule is CNCc1ccc(CN2C(=O)CCCc3ccccc32)o1. The van der Waals surface area contributed by atoms with E-state index in [1.54, 1.807) is 0 Å². The van der Waals surface area contributed by atoms with Gasteiger partial charge in [-0.3, -0.25) is 4.79 Å². The Morgan fingerprint density at radius 1 is 1.14 bits per heavy atom. The third kappa shape index (κ3) is 3.00. The summed E-state index contributed by atoms with van der Waals surface area (Å²) < 4.78 is 5.77. The first-order valence-electron chi connectivity index (χ1n) is 7.38. The Balaban J connectivity index is 1.86. The van der Waals surface area contributed by atoms with Gasteiger partial charge in [0, 0.05) is 12.1 Å². The van der Waals surface area contributed by atoms with Crippen LogP contribution in [0.4, 0.5) is 5.69 Å². The lowest BCUT2D eigenvalue weighted by molar-refractivity contribution is -0.118. The molecule has 0 aliphatic carbocycles. The molecule has 0 spiro atoms. The second-order valence-electron chi connectivity index (χ2n) is 5.36. The fourth-order valence-electron chi connectivity index (χ4n) is 2.79. The molecule has 0 atom stereocenters. The predicted octanol–water partition coefficient (Wildman–Crippen LogP) is 2.87. The number of nitrogens with one attached hydrogen (secondary N) is 1. The lowest BCUT2D eigenvalue weighted by Gasteiger charge is -2.22. The number of rotatable bonds is 4. The number of hydrogen-bond acceptors (Lipinski definition) is 3. The fraction of sp³-hybridized carbons (Fsp3) is 0.353. The highest BCUT2D eigenvalue weighted by Crippen LogP contribution is 2.28. The van der Waals surface area contributed by atoms with Crippen molar-refractivity contribution >= 4 is 11.6 Å². The first kappa shape index (κ1) is 13.9. The van der Waals surface area contributed by atoms with Crippen molar-refractivity contribution < 1.29 is 9.21 Å². The third-order valence-corrected chi connectivity index (χ3v) is 3.80. The molecule has 2 heterocycles. The minimum absolute atomic E-state index is 0.173. The van der Waals surface area contributed by atoms with Gasteiger partial charge in [0.25, 0.3) is 0 Å². The molecule has 0 saturated heterocycles. The number of nitrogens with zero attached hydrogens (tertiary/aromatic N) is 1. The van der Waals surface area contributed by atoms with Gasteiger partial charge in [0.15, 0.2) is 0 Å². The Labute approximate surface area is 124 Å². The summed E-state index contributed by atoms with van der Waals surface area (Å²) in [6, 6.07) is 12.1. The molecule has 1 aliphatic rings. The van der Waals surface area contributed by atoms with Crippen LogP contribution in [0.25, 0.3) is 0 Å². The number of para-hydroxylation sites is 1. The number of carbonyl (C=O) groups excluding carboxylic acids is 1. The van der Waals surface area contributed by atoms with Gasteiger partial charge in [0.2, 0.25) is 5.91 Å². The molecule has 2 aromatic rings. The van der Waals surface area contributed by atoms with Crippen LogP contribution >= 0.6 is 0 Å². The summed E-state index contributed by atoms with van der Waals surface area (Å²) in [6.45, 7) is 1.20. The molecule has 1 N–H and O–H groups in total. The van der Waals surface area contributed by atoms with E-state index >= 15 is 0 Å². The number of amides is 1. The zero-order valence-corrected chi connectivity index (χ0v) is 12.3. The molecule has 0 bridgehead atoms. The molecule has 0 fully saturated rings. The van der Waals surface area contributed by atoms with Gasteiger partial charge in [-0.15, -0.1) is 0 Å². The lowest BCUT2D eigenvalue weighted by atomic mass is 10.1. The van der Waals surface area contributed by atoms with E-state index in [-0.39, 0.29) is 5.91 Å². The Morgan fingerprint density at radius 3 is 2.81 bits per heavy atom. The lowest BCUT2D eigenvalue weighted by Crippen LogP contribution is -2.29. The number of fused-ring (bicyclic) bond motifs is 1. The first-order valence-corrected chi connectivity index (χ1v) is 7.38. The molecule has 21 heavy (non-hydrogen) atoms. The Bertz CT molecular complexity index is 633. The van der Waals surface area contributed by atoms with Crippen LogP contribution in [0.15, 0.2) is 40.8 Å². The van der Waals surface area contributed by atoms with Gasteiger partial charge in [-0.05, 0) is 43.7 Å². The Morgan fingerprint density at radius 2 is 1.95 bits per heavy atom. The quantitative estimate of drug-likeness (QED) is 0.939. The second kappa shape index (κ2) is 6.14. The summed E-state index contributed by atoms with van der Waals surface area (Å²) in [7, 11) is 1.89. The van der Waals surface area contributed by atoms with Crippen molar-refractivity contribution in [3.63, 3.8) is 0 Å². The number of aryl methyl sites for hydroxylation is 1. The molecule has 110 valence electrons. The maximum atomic E-state index is 12.4. The van der Waals surface area contributed by atoms with Gasteiger partial charge in [0.1, 0.15) is 11.5 Å². The van der Waals surface area contributed by atoms with E-state index < -0.39 is 0 Å². The van der Waals surface area contributed by atoms with Crippen LogP contribution in [0, 0.1) is 0 Å². The second-order valence-corrected chi connectivity index (χ2v) is 5.36. The Hall–Kier alpha value is -2.07. The standard InChI is InChI=1S/C17H20N2O2/c1-18-11-14-9-10-15(21-14)12-19-16-7-3-2-5-13(16)6-4-8-17(19)20/h2-3,5,7,9-10,18H,4,6,8,11-12H2,1H3. The van der Waals surface area contributed by atoms with Crippen LogP contribution < -0.4 is 10.2 Å². The molecule has 0 saturated carbocycles. The highest BCUT2D eigenvalue weighted by molar-refractivity contribution is 5.94. The van der Waals surface area contributed by atoms with Crippen molar-refractivity contribution in [2.24, 2.45) is 0 Å². The van der Waals surface area contributed by atoms with Crippen LogP contribution in [-0.2, 0) is 24.3 Å². The van der Waals surface area contributed by atoms with Crippen LogP contribution in [0.3, 0.4) is 0 Å². The summed E-state index contributed by atoms with van der Waals surface area (Å²) in [5.74, 6) is 1.89. The molecule has 3 rings (SSSR count). The number of anilines is 1. The van der Waals surface area contributed by atoms with E-state index in [1.165, 1.54) is 5.56 Å². The van der Waals surface area contributed by atoms with Crippen molar-refractivity contribution in [1.29, 1.82) is 0 Å². The molecular weight excluding hydrogens is 264 g/mol. The average Bonchev–Trinajstić information content (AvgIpc) is 2.86. The van der Waals surface area contributed by atoms with Gasteiger partial charge in [-0.1, -0.05) is 18.2 Å². The third-order valence-electron chi connectivity index (χ3n) is 3.80. The van der Waals surface area contributed by atoms with Crippen molar-refractivity contribution in [3.8, 4) is 0 Å². The van der Waals surface area contributed by atoms with Gasteiger partial charge >= 0.3 is 0 Å². The van der Waals surface area contributed by atoms with Gasteiger partial charge in [-0.2, -0.15) is 0 Å². The Kier molecular flexibility index (Phi) is 4.06. The van der Waals surface area contributed by atoms with Crippen molar-refractivity contribution in [2.45, 2.75) is 32.4 Å². The van der Waals surface area contributed by atoms with E-state index in [9.17, 15) is 4.79 Å². The summed E-state index contributed by atoms with van der Waals surface area (Å²) in [5, 5.41) is 3.06. The van der Waals surface area contributed by atoms with E-state index in [4.69, 9.17) is 4.42 Å². The smallest absolute Gasteiger partial charge is 0.227 e. The fourth-order valence-corrected chi connectivity index (χ4v) is 2.79. The molecule has 4 nitrogen and oxygen atoms in total. The normalized spacial score (nSPS) is 14.9. The highest BCUT2D eigenvalue weighted by atomic mass is 16.3. The number of hydrogen-bond donors (Lipinski definition) is 1. The van der Waals surface area contributed by atoms with Crippen LogP contribution in [0.1, 0.15) is 29.9 Å². The largest absolute Gasteiger partial charge is 0.463 e. The number of carbonyl (C=O) groups is 1. The van der Waals surface area contributed by atoms with Gasteiger partial charge < -0.3 is 14.6 Å². The topological polar surface area (TPSA) is 45.5 Å². The molecule has 1 aromatic carbocycles. The van der Waals surface area contributed by atoms with Crippen LogP contribution in [-0.4, -0.2) is 13.0 Å². The summed E-state index contributed by atoms with van der Waals surface area (Å²) in [4.78, 5) is 14.2.